The Morgan fingerprint density at radius 2 is 1.71 bits per heavy atom. The summed E-state index contributed by atoms with van der Waals surface area (Å²) in [6.07, 6.45) is 0.714. The number of benzene rings is 2. The average molecular weight is 329 g/mol. The summed E-state index contributed by atoms with van der Waals surface area (Å²) >= 11 is 0. The number of nitrogens with zero attached hydrogens (tertiary/aromatic N) is 1. The van der Waals surface area contributed by atoms with Gasteiger partial charge >= 0.3 is 5.97 Å². The summed E-state index contributed by atoms with van der Waals surface area (Å²) < 4.78 is 18.4. The normalized spacial score (nSPS) is 13.0. The Morgan fingerprint density at radius 3 is 2.21 bits per heavy atom. The zero-order valence-corrected chi connectivity index (χ0v) is 13.9. The first-order chi connectivity index (χ1) is 11.3. The zero-order chi connectivity index (χ0) is 17.7. The van der Waals surface area contributed by atoms with Gasteiger partial charge in [0.15, 0.2) is 6.10 Å². The minimum atomic E-state index is -0.996. The highest BCUT2D eigenvalue weighted by atomic mass is 19.1. The molecule has 5 heteroatoms. The number of halogens is 1. The van der Waals surface area contributed by atoms with E-state index in [0.717, 1.165) is 5.56 Å². The molecule has 0 amide bonds. The highest BCUT2D eigenvalue weighted by Gasteiger charge is 2.33. The van der Waals surface area contributed by atoms with Crippen LogP contribution >= 0.6 is 0 Å². The highest BCUT2D eigenvalue weighted by molar-refractivity contribution is 5.82. The van der Waals surface area contributed by atoms with Crippen molar-refractivity contribution in [2.24, 2.45) is 10.4 Å². The van der Waals surface area contributed by atoms with Gasteiger partial charge in [-0.05, 0) is 54.1 Å². The molecule has 4 nitrogen and oxygen atoms in total. The van der Waals surface area contributed by atoms with Gasteiger partial charge in [0, 0.05) is 11.6 Å². The second-order valence-electron chi connectivity index (χ2n) is 6.51. The minimum Gasteiger partial charge on any atom is -0.478 e. The van der Waals surface area contributed by atoms with Crippen molar-refractivity contribution in [3.05, 3.63) is 59.9 Å². The van der Waals surface area contributed by atoms with E-state index in [4.69, 9.17) is 4.74 Å². The van der Waals surface area contributed by atoms with Crippen molar-refractivity contribution >= 4 is 17.9 Å². The molecule has 24 heavy (non-hydrogen) atoms. The Balaban J connectivity index is 2.07. The maximum absolute atomic E-state index is 12.8. The molecular weight excluding hydrogens is 309 g/mol. The largest absolute Gasteiger partial charge is 0.478 e. The Bertz CT molecular complexity index is 716. The number of carbonyl (C=O) groups is 1. The van der Waals surface area contributed by atoms with Gasteiger partial charge < -0.3 is 9.84 Å². The minimum absolute atomic E-state index is 0.303. The van der Waals surface area contributed by atoms with E-state index in [1.165, 1.54) is 12.1 Å². The van der Waals surface area contributed by atoms with Crippen LogP contribution in [0.3, 0.4) is 0 Å². The quantitative estimate of drug-likeness (QED) is 0.824. The van der Waals surface area contributed by atoms with Crippen LogP contribution in [0, 0.1) is 11.2 Å². The van der Waals surface area contributed by atoms with Crippen LogP contribution in [-0.4, -0.2) is 23.4 Å². The third-order valence-corrected chi connectivity index (χ3v) is 3.33. The summed E-state index contributed by atoms with van der Waals surface area (Å²) in [6, 6.07) is 12.8. The SMILES string of the molecule is CC(C)(C)C(Oc1ccc(C=Nc2ccc(F)cc2)cc1)C(=O)O. The lowest BCUT2D eigenvalue weighted by atomic mass is 9.89. The van der Waals surface area contributed by atoms with Crippen molar-refractivity contribution in [3.63, 3.8) is 0 Å². The van der Waals surface area contributed by atoms with Crippen LogP contribution in [0.2, 0.25) is 0 Å². The Labute approximate surface area is 140 Å². The predicted octanol–water partition coefficient (Wildman–Crippen LogP) is 4.45. The fourth-order valence-corrected chi connectivity index (χ4v) is 2.04. The van der Waals surface area contributed by atoms with E-state index >= 15 is 0 Å². The molecule has 0 fully saturated rings. The van der Waals surface area contributed by atoms with E-state index in [1.54, 1.807) is 42.6 Å². The van der Waals surface area contributed by atoms with E-state index in [2.05, 4.69) is 4.99 Å². The van der Waals surface area contributed by atoms with Gasteiger partial charge in [-0.15, -0.1) is 0 Å². The monoisotopic (exact) mass is 329 g/mol. The highest BCUT2D eigenvalue weighted by Crippen LogP contribution is 2.25. The first kappa shape index (κ1) is 17.7. The fourth-order valence-electron chi connectivity index (χ4n) is 2.04. The number of carboxylic acid groups (broad SMARTS) is 1. The Kier molecular flexibility index (Phi) is 5.34. The second kappa shape index (κ2) is 7.25. The lowest BCUT2D eigenvalue weighted by molar-refractivity contribution is -0.150. The molecule has 0 radical (unpaired) electrons. The van der Waals surface area contributed by atoms with Gasteiger partial charge in [0.1, 0.15) is 11.6 Å². The molecule has 1 atom stereocenters. The van der Waals surface area contributed by atoms with E-state index in [0.29, 0.717) is 11.4 Å². The lowest BCUT2D eigenvalue weighted by Gasteiger charge is -2.27. The molecule has 0 aromatic heterocycles. The van der Waals surface area contributed by atoms with E-state index in [1.807, 2.05) is 20.8 Å². The summed E-state index contributed by atoms with van der Waals surface area (Å²) in [6.45, 7) is 5.44. The molecular formula is C19H20FNO3. The molecule has 0 heterocycles. The van der Waals surface area contributed by atoms with Gasteiger partial charge in [0.25, 0.3) is 0 Å². The molecule has 0 aliphatic rings. The van der Waals surface area contributed by atoms with Crippen molar-refractivity contribution in [3.8, 4) is 5.75 Å². The van der Waals surface area contributed by atoms with Crippen LogP contribution in [0.5, 0.6) is 5.75 Å². The number of carboxylic acids is 1. The summed E-state index contributed by atoms with van der Waals surface area (Å²) in [5, 5.41) is 9.28. The van der Waals surface area contributed by atoms with Crippen LogP contribution in [0.25, 0.3) is 0 Å². The maximum atomic E-state index is 12.8. The first-order valence-electron chi connectivity index (χ1n) is 7.55. The summed E-state index contributed by atoms with van der Waals surface area (Å²) in [4.78, 5) is 15.6. The Morgan fingerprint density at radius 1 is 1.12 bits per heavy atom. The van der Waals surface area contributed by atoms with Crippen LogP contribution in [0.1, 0.15) is 26.3 Å². The number of rotatable bonds is 5. The molecule has 1 unspecified atom stereocenters. The standard InChI is InChI=1S/C19H20FNO3/c1-19(2,3)17(18(22)23)24-16-10-4-13(5-11-16)12-21-15-8-6-14(20)7-9-15/h4-12,17H,1-3H3,(H,22,23). The number of ether oxygens (including phenoxy) is 1. The second-order valence-corrected chi connectivity index (χ2v) is 6.51. The topological polar surface area (TPSA) is 58.9 Å². The van der Waals surface area contributed by atoms with Crippen molar-refractivity contribution in [1.82, 2.24) is 0 Å². The van der Waals surface area contributed by atoms with Gasteiger partial charge in [-0.1, -0.05) is 20.8 Å². The maximum Gasteiger partial charge on any atom is 0.345 e. The van der Waals surface area contributed by atoms with Crippen LogP contribution in [-0.2, 0) is 4.79 Å². The summed E-state index contributed by atoms with van der Waals surface area (Å²) in [5.74, 6) is -0.817. The van der Waals surface area contributed by atoms with Crippen molar-refractivity contribution in [1.29, 1.82) is 0 Å². The molecule has 2 aromatic carbocycles. The van der Waals surface area contributed by atoms with Gasteiger partial charge in [0.2, 0.25) is 0 Å². The number of aliphatic imine (C=N–C) groups is 1. The fraction of sp³-hybridized carbons (Fsp3) is 0.263. The zero-order valence-electron chi connectivity index (χ0n) is 13.9. The molecule has 126 valence electrons. The molecule has 0 aliphatic carbocycles. The van der Waals surface area contributed by atoms with E-state index < -0.39 is 17.5 Å². The van der Waals surface area contributed by atoms with Crippen LogP contribution in [0.4, 0.5) is 10.1 Å². The summed E-state index contributed by atoms with van der Waals surface area (Å²) in [7, 11) is 0. The van der Waals surface area contributed by atoms with Gasteiger partial charge in [-0.2, -0.15) is 0 Å². The first-order valence-corrected chi connectivity index (χ1v) is 7.55. The molecule has 2 aromatic rings. The lowest BCUT2D eigenvalue weighted by Crippen LogP contribution is -2.39. The predicted molar refractivity (Wildman–Crippen MR) is 91.6 cm³/mol. The van der Waals surface area contributed by atoms with Crippen LogP contribution in [0.15, 0.2) is 53.5 Å². The van der Waals surface area contributed by atoms with Gasteiger partial charge in [-0.25, -0.2) is 9.18 Å². The smallest absolute Gasteiger partial charge is 0.345 e. The number of aliphatic carboxylic acids is 1. The van der Waals surface area contributed by atoms with Gasteiger partial charge in [-0.3, -0.25) is 4.99 Å². The number of hydrogen-bond donors (Lipinski definition) is 1. The third kappa shape index (κ3) is 4.91. The van der Waals surface area contributed by atoms with E-state index in [9.17, 15) is 14.3 Å². The van der Waals surface area contributed by atoms with Crippen molar-refractivity contribution in [2.45, 2.75) is 26.9 Å². The molecule has 1 N–H and O–H groups in total. The molecule has 2 rings (SSSR count). The molecule has 0 spiro atoms. The van der Waals surface area contributed by atoms with Gasteiger partial charge in [0.05, 0.1) is 5.69 Å². The van der Waals surface area contributed by atoms with Crippen LogP contribution < -0.4 is 4.74 Å². The third-order valence-electron chi connectivity index (χ3n) is 3.33. The molecule has 0 aliphatic heterocycles. The van der Waals surface area contributed by atoms with E-state index in [-0.39, 0.29) is 5.82 Å². The molecule has 0 saturated heterocycles. The number of hydrogen-bond acceptors (Lipinski definition) is 3. The molecule has 0 saturated carbocycles. The molecule has 0 bridgehead atoms. The summed E-state index contributed by atoms with van der Waals surface area (Å²) in [5.41, 5.74) is 0.957. The van der Waals surface area contributed by atoms with Crippen molar-refractivity contribution < 1.29 is 19.0 Å². The van der Waals surface area contributed by atoms with Crippen molar-refractivity contribution in [2.75, 3.05) is 0 Å². The Hall–Kier alpha value is -2.69. The average Bonchev–Trinajstić information content (AvgIpc) is 2.52.